The molecule has 0 aromatic heterocycles. The molecule has 2 aromatic carbocycles. The first-order valence-corrected chi connectivity index (χ1v) is 10.8. The highest BCUT2D eigenvalue weighted by atomic mass is 32.2. The van der Waals surface area contributed by atoms with Crippen LogP contribution in [-0.2, 0) is 10.0 Å². The van der Waals surface area contributed by atoms with E-state index in [1.807, 2.05) is 0 Å². The molecule has 2 N–H and O–H groups in total. The van der Waals surface area contributed by atoms with E-state index in [0.717, 1.165) is 4.90 Å². The number of carbonyl (C=O) groups is 1. The molecule has 1 amide bonds. The van der Waals surface area contributed by atoms with Crippen molar-refractivity contribution >= 4 is 21.6 Å². The highest BCUT2D eigenvalue weighted by molar-refractivity contribution is 7.92. The van der Waals surface area contributed by atoms with Crippen LogP contribution in [0.3, 0.4) is 0 Å². The molecule has 31 heavy (non-hydrogen) atoms. The maximum atomic E-state index is 12.7. The first kappa shape index (κ1) is 24.5. The van der Waals surface area contributed by atoms with Gasteiger partial charge in [-0.3, -0.25) is 14.4 Å². The third-order valence-electron chi connectivity index (χ3n) is 4.21. The first-order valence-electron chi connectivity index (χ1n) is 9.31. The summed E-state index contributed by atoms with van der Waals surface area (Å²) in [6.07, 6.45) is -3.96. The number of nitrogens with one attached hydrogen (secondary N) is 2. The molecular formula is C20H24F3N3O4S. The summed E-state index contributed by atoms with van der Waals surface area (Å²) in [6.45, 7) is -0.728. The average molecular weight is 459 g/mol. The number of hydrogen-bond donors (Lipinski definition) is 2. The average Bonchev–Trinajstić information content (AvgIpc) is 2.70. The molecule has 11 heteroatoms. The normalized spacial score (nSPS) is 11.9. The number of halogens is 3. The number of nitrogens with zero attached hydrogens (tertiary/aromatic N) is 1. The molecule has 0 aliphatic heterocycles. The Balaban J connectivity index is 1.98. The van der Waals surface area contributed by atoms with Gasteiger partial charge in [0.15, 0.2) is 0 Å². The van der Waals surface area contributed by atoms with Gasteiger partial charge in [-0.2, -0.15) is 13.2 Å². The number of hydrogen-bond acceptors (Lipinski definition) is 5. The minimum absolute atomic E-state index is 0.115. The second-order valence-corrected chi connectivity index (χ2v) is 8.48. The van der Waals surface area contributed by atoms with Crippen molar-refractivity contribution in [1.29, 1.82) is 0 Å². The van der Waals surface area contributed by atoms with Crippen LogP contribution >= 0.6 is 0 Å². The van der Waals surface area contributed by atoms with Crippen LogP contribution in [0.15, 0.2) is 53.4 Å². The molecule has 2 aromatic rings. The Labute approximate surface area is 179 Å². The van der Waals surface area contributed by atoms with Crippen molar-refractivity contribution in [2.45, 2.75) is 17.5 Å². The van der Waals surface area contributed by atoms with Gasteiger partial charge in [0.05, 0.1) is 24.2 Å². The smallest absolute Gasteiger partial charge is 0.401 e. The van der Waals surface area contributed by atoms with Gasteiger partial charge in [0.25, 0.3) is 15.9 Å². The Kier molecular flexibility index (Phi) is 8.28. The zero-order valence-electron chi connectivity index (χ0n) is 17.1. The van der Waals surface area contributed by atoms with E-state index in [0.29, 0.717) is 12.2 Å². The number of rotatable bonds is 10. The summed E-state index contributed by atoms with van der Waals surface area (Å²) < 4.78 is 69.9. The Morgan fingerprint density at radius 2 is 1.84 bits per heavy atom. The molecular weight excluding hydrogens is 435 g/mol. The number of anilines is 1. The van der Waals surface area contributed by atoms with E-state index < -0.39 is 28.7 Å². The lowest BCUT2D eigenvalue weighted by atomic mass is 10.2. The fourth-order valence-electron chi connectivity index (χ4n) is 2.78. The van der Waals surface area contributed by atoms with Crippen molar-refractivity contribution in [2.75, 3.05) is 38.5 Å². The van der Waals surface area contributed by atoms with Crippen molar-refractivity contribution in [3.63, 3.8) is 0 Å². The number of methoxy groups -OCH3 is 1. The van der Waals surface area contributed by atoms with E-state index in [9.17, 15) is 26.4 Å². The third kappa shape index (κ3) is 7.76. The van der Waals surface area contributed by atoms with Gasteiger partial charge < -0.3 is 10.1 Å². The Hall–Kier alpha value is -2.79. The summed E-state index contributed by atoms with van der Waals surface area (Å²) in [6, 6.07) is 12.0. The highest BCUT2D eigenvalue weighted by Gasteiger charge is 2.28. The van der Waals surface area contributed by atoms with Crippen LogP contribution in [0.4, 0.5) is 18.9 Å². The lowest BCUT2D eigenvalue weighted by molar-refractivity contribution is -0.143. The van der Waals surface area contributed by atoms with Crippen LogP contribution in [0.25, 0.3) is 0 Å². The Bertz CT molecular complexity index is 997. The molecule has 0 atom stereocenters. The molecule has 0 saturated heterocycles. The van der Waals surface area contributed by atoms with E-state index in [1.165, 1.54) is 38.4 Å². The lowest BCUT2D eigenvalue weighted by Gasteiger charge is -2.18. The van der Waals surface area contributed by atoms with Crippen LogP contribution in [0.5, 0.6) is 5.75 Å². The molecule has 2 rings (SSSR count). The molecule has 0 bridgehead atoms. The first-order chi connectivity index (χ1) is 14.5. The molecule has 0 fully saturated rings. The molecule has 0 radical (unpaired) electrons. The summed E-state index contributed by atoms with van der Waals surface area (Å²) >= 11 is 0. The fourth-order valence-corrected chi connectivity index (χ4v) is 3.89. The van der Waals surface area contributed by atoms with Crippen molar-refractivity contribution < 1.29 is 31.1 Å². The Morgan fingerprint density at radius 1 is 1.13 bits per heavy atom. The molecule has 0 spiro atoms. The number of amides is 1. The summed E-state index contributed by atoms with van der Waals surface area (Å²) in [4.78, 5) is 13.3. The third-order valence-corrected chi connectivity index (χ3v) is 5.57. The van der Waals surface area contributed by atoms with E-state index in [4.69, 9.17) is 4.74 Å². The summed E-state index contributed by atoms with van der Waals surface area (Å²) in [5.74, 6) is -0.178. The van der Waals surface area contributed by atoms with E-state index >= 15 is 0 Å². The molecule has 0 unspecified atom stereocenters. The number of sulfonamides is 1. The predicted octanol–water partition coefficient (Wildman–Crippen LogP) is 3.11. The SMILES string of the molecule is COc1ccccc1NS(=O)(=O)c1cccc(C(=O)NCCCN(C)CC(F)(F)F)c1. The monoisotopic (exact) mass is 459 g/mol. The second kappa shape index (κ2) is 10.5. The van der Waals surface area contributed by atoms with Gasteiger partial charge in [-0.15, -0.1) is 0 Å². The molecule has 0 aliphatic carbocycles. The van der Waals surface area contributed by atoms with Crippen LogP contribution in [-0.4, -0.2) is 59.2 Å². The summed E-state index contributed by atoms with van der Waals surface area (Å²) in [7, 11) is -1.22. The van der Waals surface area contributed by atoms with Gasteiger partial charge in [-0.1, -0.05) is 18.2 Å². The minimum atomic E-state index is -4.28. The van der Waals surface area contributed by atoms with Crippen LogP contribution in [0, 0.1) is 0 Å². The van der Waals surface area contributed by atoms with Gasteiger partial charge in [-0.25, -0.2) is 8.42 Å². The molecule has 0 heterocycles. The van der Waals surface area contributed by atoms with Crippen molar-refractivity contribution in [3.05, 3.63) is 54.1 Å². The zero-order chi connectivity index (χ0) is 23.1. The fraction of sp³-hybridized carbons (Fsp3) is 0.350. The van der Waals surface area contributed by atoms with Crippen LogP contribution < -0.4 is 14.8 Å². The van der Waals surface area contributed by atoms with Crippen molar-refractivity contribution in [3.8, 4) is 5.75 Å². The second-order valence-electron chi connectivity index (χ2n) is 6.80. The molecule has 170 valence electrons. The van der Waals surface area contributed by atoms with E-state index in [-0.39, 0.29) is 29.2 Å². The number of para-hydroxylation sites is 2. The topological polar surface area (TPSA) is 87.7 Å². The maximum absolute atomic E-state index is 12.7. The summed E-state index contributed by atoms with van der Waals surface area (Å²) in [5.41, 5.74) is 0.370. The highest BCUT2D eigenvalue weighted by Crippen LogP contribution is 2.26. The molecule has 7 nitrogen and oxygen atoms in total. The standard InChI is InChI=1S/C20H24F3N3O4S/c1-26(14-20(21,22)23)12-6-11-24-19(27)15-7-5-8-16(13-15)31(28,29)25-17-9-3-4-10-18(17)30-2/h3-5,7-10,13,25H,6,11-12,14H2,1-2H3,(H,24,27). The van der Waals surface area contributed by atoms with Crippen LogP contribution in [0.1, 0.15) is 16.8 Å². The quantitative estimate of drug-likeness (QED) is 0.533. The van der Waals surface area contributed by atoms with Crippen molar-refractivity contribution in [1.82, 2.24) is 10.2 Å². The van der Waals surface area contributed by atoms with E-state index in [2.05, 4.69) is 10.0 Å². The van der Waals surface area contributed by atoms with Gasteiger partial charge in [-0.05, 0) is 50.3 Å². The van der Waals surface area contributed by atoms with Gasteiger partial charge >= 0.3 is 6.18 Å². The lowest BCUT2D eigenvalue weighted by Crippen LogP contribution is -2.33. The van der Waals surface area contributed by atoms with E-state index in [1.54, 1.807) is 24.3 Å². The van der Waals surface area contributed by atoms with Gasteiger partial charge in [0, 0.05) is 12.1 Å². The Morgan fingerprint density at radius 3 is 2.52 bits per heavy atom. The maximum Gasteiger partial charge on any atom is 0.401 e. The number of alkyl halides is 3. The predicted molar refractivity (Wildman–Crippen MR) is 111 cm³/mol. The minimum Gasteiger partial charge on any atom is -0.495 e. The van der Waals surface area contributed by atoms with Gasteiger partial charge in [0.1, 0.15) is 5.75 Å². The summed E-state index contributed by atoms with van der Waals surface area (Å²) in [5, 5.41) is 2.58. The molecule has 0 saturated carbocycles. The zero-order valence-corrected chi connectivity index (χ0v) is 17.9. The number of carbonyl (C=O) groups excluding carboxylic acids is 1. The molecule has 0 aliphatic rings. The van der Waals surface area contributed by atoms with Gasteiger partial charge in [0.2, 0.25) is 0 Å². The number of benzene rings is 2. The number of ether oxygens (including phenoxy) is 1. The van der Waals surface area contributed by atoms with Crippen molar-refractivity contribution in [2.24, 2.45) is 0 Å². The van der Waals surface area contributed by atoms with Crippen LogP contribution in [0.2, 0.25) is 0 Å². The largest absolute Gasteiger partial charge is 0.495 e.